The first kappa shape index (κ1) is 24.6. The van der Waals surface area contributed by atoms with Crippen molar-refractivity contribution in [2.75, 3.05) is 32.7 Å². The molecule has 36 heavy (non-hydrogen) atoms. The van der Waals surface area contributed by atoms with Gasteiger partial charge >= 0.3 is 11.7 Å². The lowest BCUT2D eigenvalue weighted by Gasteiger charge is -2.41. The second kappa shape index (κ2) is 10.5. The summed E-state index contributed by atoms with van der Waals surface area (Å²) in [5.41, 5.74) is 2.16. The summed E-state index contributed by atoms with van der Waals surface area (Å²) in [6.07, 6.45) is 4.62. The number of amides is 2. The Hall–Kier alpha value is -3.05. The van der Waals surface area contributed by atoms with E-state index in [1.54, 1.807) is 0 Å². The van der Waals surface area contributed by atoms with Crippen LogP contribution in [0.5, 0.6) is 0 Å². The second-order valence-corrected chi connectivity index (χ2v) is 10.0. The molecule has 2 amide bonds. The molecule has 0 aliphatic carbocycles. The fourth-order valence-corrected chi connectivity index (χ4v) is 5.92. The third-order valence-electron chi connectivity index (χ3n) is 7.95. The molecule has 1 N–H and O–H groups in total. The number of oxazole rings is 1. The van der Waals surface area contributed by atoms with Gasteiger partial charge in [0.25, 0.3) is 0 Å². The quantitative estimate of drug-likeness (QED) is 0.597. The third-order valence-corrected chi connectivity index (χ3v) is 7.95. The van der Waals surface area contributed by atoms with E-state index in [0.717, 1.165) is 57.4 Å². The summed E-state index contributed by atoms with van der Waals surface area (Å²) < 4.78 is 18.7. The molecule has 1 atom stereocenters. The van der Waals surface area contributed by atoms with E-state index in [0.29, 0.717) is 29.6 Å². The smallest absolute Gasteiger partial charge is 0.408 e. The van der Waals surface area contributed by atoms with Crippen molar-refractivity contribution >= 4 is 28.9 Å². The molecule has 1 aromatic heterocycles. The van der Waals surface area contributed by atoms with Crippen LogP contribution in [0, 0.1) is 0 Å². The zero-order chi connectivity index (χ0) is 25.2. The maximum atomic E-state index is 12.6. The van der Waals surface area contributed by atoms with Gasteiger partial charge < -0.3 is 14.2 Å². The number of hydrogen-bond donors (Lipinski definition) is 1. The number of likely N-dealkylation sites (tertiary alicyclic amines) is 2. The highest BCUT2D eigenvalue weighted by Gasteiger charge is 2.32. The van der Waals surface area contributed by atoms with Crippen LogP contribution in [0.15, 0.2) is 27.4 Å². The molecule has 3 saturated heterocycles. The van der Waals surface area contributed by atoms with Gasteiger partial charge in [0.05, 0.1) is 11.9 Å². The minimum Gasteiger partial charge on any atom is -0.408 e. The molecule has 0 spiro atoms. The molecule has 2 aromatic rings. The Morgan fingerprint density at radius 1 is 1.06 bits per heavy atom. The highest BCUT2D eigenvalue weighted by molar-refractivity contribution is 6.00. The van der Waals surface area contributed by atoms with Gasteiger partial charge in [-0.15, -0.1) is 0 Å². The Bertz CT molecular complexity index is 1190. The number of fused-ring (bicyclic) bond motifs is 1. The Balaban J connectivity index is 1.18. The summed E-state index contributed by atoms with van der Waals surface area (Å²) in [7, 11) is 0. The normalized spacial score (nSPS) is 23.2. The van der Waals surface area contributed by atoms with Crippen LogP contribution >= 0.6 is 0 Å². The SMILES string of the molecule is O=C1CCC(n2c(=O)oc3cc(C4CCN(C5CCN(CCC(=O)OF)CC5)CC4)ccc32)C(=O)N1. The summed E-state index contributed by atoms with van der Waals surface area (Å²) in [6.45, 7) is 4.29. The fourth-order valence-electron chi connectivity index (χ4n) is 5.92. The second-order valence-electron chi connectivity index (χ2n) is 10.0. The first-order chi connectivity index (χ1) is 17.4. The zero-order valence-corrected chi connectivity index (χ0v) is 20.1. The van der Waals surface area contributed by atoms with Gasteiger partial charge in [-0.25, -0.2) is 9.59 Å². The molecule has 5 rings (SSSR count). The number of nitrogens with zero attached hydrogens (tertiary/aromatic N) is 3. The van der Waals surface area contributed by atoms with Crippen LogP contribution in [0.4, 0.5) is 4.53 Å². The lowest BCUT2D eigenvalue weighted by molar-refractivity contribution is -0.184. The maximum absolute atomic E-state index is 12.6. The summed E-state index contributed by atoms with van der Waals surface area (Å²) in [5, 5.41) is 2.30. The van der Waals surface area contributed by atoms with Crippen molar-refractivity contribution in [1.29, 1.82) is 0 Å². The number of rotatable bonds is 6. The number of benzene rings is 1. The van der Waals surface area contributed by atoms with Crippen LogP contribution < -0.4 is 11.1 Å². The van der Waals surface area contributed by atoms with Crippen LogP contribution in [0.1, 0.15) is 62.5 Å². The van der Waals surface area contributed by atoms with Crippen molar-refractivity contribution in [2.24, 2.45) is 0 Å². The molecule has 10 nitrogen and oxygen atoms in total. The number of piperidine rings is 3. The summed E-state index contributed by atoms with van der Waals surface area (Å²) in [6, 6.07) is 5.55. The molecule has 4 heterocycles. The first-order valence-electron chi connectivity index (χ1n) is 12.7. The molecule has 0 saturated carbocycles. The van der Waals surface area contributed by atoms with Gasteiger partial charge in [0.1, 0.15) is 6.04 Å². The average molecular weight is 503 g/mol. The molecule has 11 heteroatoms. The number of aromatic nitrogens is 1. The molecular weight excluding hydrogens is 471 g/mol. The van der Waals surface area contributed by atoms with E-state index in [1.807, 2.05) is 18.2 Å². The van der Waals surface area contributed by atoms with E-state index < -0.39 is 23.7 Å². The van der Waals surface area contributed by atoms with E-state index in [4.69, 9.17) is 4.42 Å². The van der Waals surface area contributed by atoms with E-state index >= 15 is 0 Å². The molecule has 3 fully saturated rings. The molecule has 3 aliphatic heterocycles. The van der Waals surface area contributed by atoms with Crippen LogP contribution in [0.2, 0.25) is 0 Å². The molecule has 1 aromatic carbocycles. The molecule has 0 radical (unpaired) electrons. The van der Waals surface area contributed by atoms with Crippen LogP contribution in [0.25, 0.3) is 11.1 Å². The van der Waals surface area contributed by atoms with Crippen molar-refractivity contribution in [2.45, 2.75) is 62.9 Å². The number of halogens is 1. The van der Waals surface area contributed by atoms with Crippen LogP contribution in [-0.2, 0) is 19.3 Å². The summed E-state index contributed by atoms with van der Waals surface area (Å²) in [5.74, 6) is -1.83. The Morgan fingerprint density at radius 2 is 1.81 bits per heavy atom. The first-order valence-corrected chi connectivity index (χ1v) is 12.7. The van der Waals surface area contributed by atoms with E-state index in [1.165, 1.54) is 4.57 Å². The number of hydrogen-bond acceptors (Lipinski definition) is 8. The fraction of sp³-hybridized carbons (Fsp3) is 0.600. The predicted molar refractivity (Wildman–Crippen MR) is 127 cm³/mol. The van der Waals surface area contributed by atoms with Crippen molar-refractivity contribution < 1.29 is 28.3 Å². The maximum Gasteiger partial charge on any atom is 0.420 e. The summed E-state index contributed by atoms with van der Waals surface area (Å²) >= 11 is 0. The molecule has 1 unspecified atom stereocenters. The average Bonchev–Trinajstić information content (AvgIpc) is 3.22. The minimum atomic E-state index is -0.816. The highest BCUT2D eigenvalue weighted by atomic mass is 19.3. The number of nitrogens with one attached hydrogen (secondary N) is 1. The topological polar surface area (TPSA) is 114 Å². The lowest BCUT2D eigenvalue weighted by atomic mass is 9.88. The zero-order valence-electron chi connectivity index (χ0n) is 20.1. The van der Waals surface area contributed by atoms with E-state index in [9.17, 15) is 23.7 Å². The highest BCUT2D eigenvalue weighted by Crippen LogP contribution is 2.33. The monoisotopic (exact) mass is 502 g/mol. The third kappa shape index (κ3) is 5.08. The van der Waals surface area contributed by atoms with Crippen molar-refractivity contribution in [3.63, 3.8) is 0 Å². The minimum absolute atomic E-state index is 0.0773. The predicted octanol–water partition coefficient (Wildman–Crippen LogP) is 2.03. The van der Waals surface area contributed by atoms with Gasteiger partial charge in [-0.1, -0.05) is 6.07 Å². The van der Waals surface area contributed by atoms with Gasteiger partial charge in [-0.3, -0.25) is 24.4 Å². The number of imide groups is 1. The Morgan fingerprint density at radius 3 is 2.50 bits per heavy atom. The largest absolute Gasteiger partial charge is 0.420 e. The van der Waals surface area contributed by atoms with Crippen molar-refractivity contribution in [3.05, 3.63) is 34.3 Å². The van der Waals surface area contributed by atoms with Crippen molar-refractivity contribution in [3.8, 4) is 0 Å². The number of carbonyl (C=O) groups is 3. The van der Waals surface area contributed by atoms with Crippen LogP contribution in [0.3, 0.4) is 0 Å². The van der Waals surface area contributed by atoms with Gasteiger partial charge in [0.15, 0.2) is 5.58 Å². The molecular formula is C25H31FN4O6. The van der Waals surface area contributed by atoms with Gasteiger partial charge in [-0.05, 0) is 81.9 Å². The van der Waals surface area contributed by atoms with E-state index in [2.05, 4.69) is 20.1 Å². The van der Waals surface area contributed by atoms with Gasteiger partial charge in [0.2, 0.25) is 11.8 Å². The number of carbonyl (C=O) groups excluding carboxylic acids is 3. The molecule has 194 valence electrons. The summed E-state index contributed by atoms with van der Waals surface area (Å²) in [4.78, 5) is 55.3. The molecule has 3 aliphatic rings. The van der Waals surface area contributed by atoms with E-state index in [-0.39, 0.29) is 25.2 Å². The van der Waals surface area contributed by atoms with Crippen molar-refractivity contribution in [1.82, 2.24) is 19.7 Å². The molecule has 0 bridgehead atoms. The Kier molecular flexibility index (Phi) is 7.20. The van der Waals surface area contributed by atoms with Gasteiger partial charge in [0, 0.05) is 23.5 Å². The van der Waals surface area contributed by atoms with Gasteiger partial charge in [-0.2, -0.15) is 0 Å². The lowest BCUT2D eigenvalue weighted by Crippen LogP contribution is -2.47. The Labute approximate surface area is 207 Å². The van der Waals surface area contributed by atoms with Crippen LogP contribution in [-0.4, -0.2) is 70.9 Å². The standard InChI is InChI=1S/C25H31FN4O6/c26-36-23(32)9-12-28-10-7-18(8-11-28)29-13-5-16(6-14-29)17-1-2-19-21(15-17)35-25(34)30(19)20-3-4-22(31)27-24(20)33/h1-2,15-16,18,20H,3-14H2,(H,27,31,33).